The van der Waals surface area contributed by atoms with E-state index in [0.29, 0.717) is 13.0 Å². The molecule has 0 amide bonds. The zero-order valence-electron chi connectivity index (χ0n) is 11.9. The zero-order chi connectivity index (χ0) is 12.9. The minimum Gasteiger partial charge on any atom is -0.460 e. The lowest BCUT2D eigenvalue weighted by Crippen LogP contribution is -2.43. The molecule has 0 radical (unpaired) electrons. The maximum absolute atomic E-state index is 11.5. The average molecular weight is 244 g/mol. The monoisotopic (exact) mass is 244 g/mol. The van der Waals surface area contributed by atoms with Crippen molar-refractivity contribution in [2.45, 2.75) is 19.3 Å². The minimum absolute atomic E-state index is 0.0520. The van der Waals surface area contributed by atoms with Gasteiger partial charge in [0, 0.05) is 12.8 Å². The molecule has 0 saturated carbocycles. The van der Waals surface area contributed by atoms with Gasteiger partial charge in [-0.2, -0.15) is 0 Å². The molecule has 0 aliphatic carbocycles. The SMILES string of the molecule is C[N+](C)(C)CCC(=O)OCC[N+]1(C)CCCC1. The number of carbonyl (C=O) groups excluding carboxylic acids is 1. The van der Waals surface area contributed by atoms with Crippen LogP contribution >= 0.6 is 0 Å². The highest BCUT2D eigenvalue weighted by Gasteiger charge is 2.26. The van der Waals surface area contributed by atoms with Crippen LogP contribution in [-0.4, -0.2) is 75.9 Å². The highest BCUT2D eigenvalue weighted by atomic mass is 16.5. The number of rotatable bonds is 6. The van der Waals surface area contributed by atoms with Crippen molar-refractivity contribution in [3.8, 4) is 0 Å². The van der Waals surface area contributed by atoms with Gasteiger partial charge in [0.2, 0.25) is 0 Å². The lowest BCUT2D eigenvalue weighted by Gasteiger charge is -2.28. The lowest BCUT2D eigenvalue weighted by molar-refractivity contribution is -0.897. The summed E-state index contributed by atoms with van der Waals surface area (Å²) in [5.74, 6) is -0.0520. The first-order chi connectivity index (χ1) is 7.81. The van der Waals surface area contributed by atoms with E-state index in [2.05, 4.69) is 28.2 Å². The number of likely N-dealkylation sites (tertiary alicyclic amines) is 1. The van der Waals surface area contributed by atoms with E-state index in [1.807, 2.05) is 0 Å². The molecule has 0 spiro atoms. The highest BCUT2D eigenvalue weighted by molar-refractivity contribution is 5.69. The number of ether oxygens (including phenoxy) is 1. The van der Waals surface area contributed by atoms with Gasteiger partial charge in [0.05, 0.1) is 54.2 Å². The Morgan fingerprint density at radius 1 is 1.24 bits per heavy atom. The molecular weight excluding hydrogens is 216 g/mol. The second-order valence-corrected chi connectivity index (χ2v) is 6.48. The zero-order valence-corrected chi connectivity index (χ0v) is 11.9. The molecule has 1 aliphatic heterocycles. The molecule has 100 valence electrons. The van der Waals surface area contributed by atoms with E-state index in [0.717, 1.165) is 22.1 Å². The summed E-state index contributed by atoms with van der Waals surface area (Å²) in [5.41, 5.74) is 0. The third-order valence-electron chi connectivity index (χ3n) is 3.53. The predicted octanol–water partition coefficient (Wildman–Crippen LogP) is 0.866. The quantitative estimate of drug-likeness (QED) is 0.512. The van der Waals surface area contributed by atoms with Crippen molar-refractivity contribution in [1.82, 2.24) is 0 Å². The molecule has 1 fully saturated rings. The molecule has 0 bridgehead atoms. The van der Waals surface area contributed by atoms with Gasteiger partial charge in [-0.25, -0.2) is 0 Å². The van der Waals surface area contributed by atoms with E-state index in [1.165, 1.54) is 25.9 Å². The van der Waals surface area contributed by atoms with Gasteiger partial charge in [0.25, 0.3) is 0 Å². The van der Waals surface area contributed by atoms with Crippen molar-refractivity contribution >= 4 is 5.97 Å². The Labute approximate surface area is 105 Å². The summed E-state index contributed by atoms with van der Waals surface area (Å²) in [6.45, 7) is 4.85. The summed E-state index contributed by atoms with van der Waals surface area (Å²) in [6.07, 6.45) is 3.14. The van der Waals surface area contributed by atoms with Crippen molar-refractivity contribution in [1.29, 1.82) is 0 Å². The van der Waals surface area contributed by atoms with Crippen LogP contribution in [0, 0.1) is 0 Å². The Kier molecular flexibility index (Phi) is 4.95. The van der Waals surface area contributed by atoms with Gasteiger partial charge < -0.3 is 13.7 Å². The third-order valence-corrected chi connectivity index (χ3v) is 3.53. The van der Waals surface area contributed by atoms with Crippen molar-refractivity contribution in [3.63, 3.8) is 0 Å². The van der Waals surface area contributed by atoms with Crippen LogP contribution in [0.2, 0.25) is 0 Å². The van der Waals surface area contributed by atoms with Crippen molar-refractivity contribution in [2.24, 2.45) is 0 Å². The number of likely N-dealkylation sites (N-methyl/N-ethyl adjacent to an activating group) is 1. The van der Waals surface area contributed by atoms with Gasteiger partial charge >= 0.3 is 5.97 Å². The Balaban J connectivity index is 2.12. The van der Waals surface area contributed by atoms with Crippen molar-refractivity contribution in [3.05, 3.63) is 0 Å². The van der Waals surface area contributed by atoms with E-state index in [-0.39, 0.29) is 5.97 Å². The summed E-state index contributed by atoms with van der Waals surface area (Å²) in [4.78, 5) is 11.5. The fourth-order valence-electron chi connectivity index (χ4n) is 2.20. The first-order valence-electron chi connectivity index (χ1n) is 6.60. The summed E-state index contributed by atoms with van der Waals surface area (Å²) in [5, 5.41) is 0. The van der Waals surface area contributed by atoms with Crippen LogP contribution in [0.25, 0.3) is 0 Å². The molecule has 0 aromatic carbocycles. The smallest absolute Gasteiger partial charge is 0.311 e. The third kappa shape index (κ3) is 6.03. The van der Waals surface area contributed by atoms with Gasteiger partial charge in [-0.3, -0.25) is 4.79 Å². The Morgan fingerprint density at radius 3 is 2.35 bits per heavy atom. The van der Waals surface area contributed by atoms with Crippen LogP contribution < -0.4 is 0 Å². The summed E-state index contributed by atoms with van der Waals surface area (Å²) in [6, 6.07) is 0. The van der Waals surface area contributed by atoms with Crippen LogP contribution in [-0.2, 0) is 9.53 Å². The van der Waals surface area contributed by atoms with Crippen molar-refractivity contribution in [2.75, 3.05) is 61.0 Å². The Hall–Kier alpha value is -0.610. The lowest BCUT2D eigenvalue weighted by atomic mass is 10.4. The average Bonchev–Trinajstić information content (AvgIpc) is 2.61. The Bertz CT molecular complexity index is 253. The molecule has 1 rings (SSSR count). The van der Waals surface area contributed by atoms with Gasteiger partial charge in [-0.05, 0) is 0 Å². The van der Waals surface area contributed by atoms with Gasteiger partial charge in [0.1, 0.15) is 13.2 Å². The molecule has 4 nitrogen and oxygen atoms in total. The van der Waals surface area contributed by atoms with E-state index in [9.17, 15) is 4.79 Å². The van der Waals surface area contributed by atoms with Crippen LogP contribution in [0.4, 0.5) is 0 Å². The first kappa shape index (κ1) is 14.5. The number of carbonyl (C=O) groups is 1. The normalized spacial score (nSPS) is 19.3. The second kappa shape index (κ2) is 5.83. The largest absolute Gasteiger partial charge is 0.460 e. The van der Waals surface area contributed by atoms with Crippen LogP contribution in [0.1, 0.15) is 19.3 Å². The molecule has 1 heterocycles. The molecule has 0 atom stereocenters. The standard InChI is InChI=1S/C13H28N2O2/c1-14(2,3)10-7-13(16)17-12-11-15(4)8-5-6-9-15/h5-12H2,1-4H3/q+2. The summed E-state index contributed by atoms with van der Waals surface area (Å²) in [7, 11) is 8.52. The van der Waals surface area contributed by atoms with Gasteiger partial charge in [0.15, 0.2) is 0 Å². The van der Waals surface area contributed by atoms with E-state index >= 15 is 0 Å². The van der Waals surface area contributed by atoms with Gasteiger partial charge in [-0.1, -0.05) is 0 Å². The van der Waals surface area contributed by atoms with Crippen LogP contribution in [0.3, 0.4) is 0 Å². The summed E-state index contributed by atoms with van der Waals surface area (Å²) >= 11 is 0. The van der Waals surface area contributed by atoms with Gasteiger partial charge in [-0.15, -0.1) is 0 Å². The summed E-state index contributed by atoms with van der Waals surface area (Å²) < 4.78 is 7.18. The number of esters is 1. The molecule has 0 unspecified atom stereocenters. The molecule has 1 aliphatic rings. The van der Waals surface area contributed by atoms with Crippen LogP contribution in [0.5, 0.6) is 0 Å². The second-order valence-electron chi connectivity index (χ2n) is 6.48. The Morgan fingerprint density at radius 2 is 1.82 bits per heavy atom. The number of quaternary nitrogens is 2. The fraction of sp³-hybridized carbons (Fsp3) is 0.923. The molecular formula is C13H28N2O2+2. The van der Waals surface area contributed by atoms with E-state index in [1.54, 1.807) is 0 Å². The molecule has 1 saturated heterocycles. The van der Waals surface area contributed by atoms with Crippen molar-refractivity contribution < 1.29 is 18.5 Å². The molecule has 17 heavy (non-hydrogen) atoms. The maximum Gasteiger partial charge on any atom is 0.311 e. The number of nitrogens with zero attached hydrogens (tertiary/aromatic N) is 2. The molecule has 0 N–H and O–H groups in total. The van der Waals surface area contributed by atoms with Crippen LogP contribution in [0.15, 0.2) is 0 Å². The topological polar surface area (TPSA) is 26.3 Å². The number of hydrogen-bond acceptors (Lipinski definition) is 2. The van der Waals surface area contributed by atoms with E-state index in [4.69, 9.17) is 4.74 Å². The maximum atomic E-state index is 11.5. The predicted molar refractivity (Wildman–Crippen MR) is 68.5 cm³/mol. The highest BCUT2D eigenvalue weighted by Crippen LogP contribution is 2.15. The first-order valence-corrected chi connectivity index (χ1v) is 6.60. The molecule has 0 aromatic rings. The molecule has 4 heteroatoms. The minimum atomic E-state index is -0.0520. The molecule has 0 aromatic heterocycles. The van der Waals surface area contributed by atoms with E-state index < -0.39 is 0 Å². The number of hydrogen-bond donors (Lipinski definition) is 0. The fourth-order valence-corrected chi connectivity index (χ4v) is 2.20.